The fourth-order valence-corrected chi connectivity index (χ4v) is 3.04. The van der Waals surface area contributed by atoms with Crippen LogP contribution in [0.1, 0.15) is 17.9 Å². The highest BCUT2D eigenvalue weighted by molar-refractivity contribution is 5.95. The quantitative estimate of drug-likeness (QED) is 0.814. The van der Waals surface area contributed by atoms with Gasteiger partial charge < -0.3 is 20.1 Å². The normalized spacial score (nSPS) is 18.5. The Morgan fingerprint density at radius 2 is 2.04 bits per heavy atom. The molecule has 132 valence electrons. The average molecular weight is 340 g/mol. The van der Waals surface area contributed by atoms with E-state index in [1.807, 2.05) is 60.5 Å². The number of aliphatic hydroxyl groups excluding tert-OH is 1. The highest BCUT2D eigenvalue weighted by Gasteiger charge is 2.44. The molecule has 1 aliphatic rings. The molecule has 2 unspecified atom stereocenters. The lowest BCUT2D eigenvalue weighted by Gasteiger charge is -2.18. The van der Waals surface area contributed by atoms with Gasteiger partial charge in [-0.05, 0) is 54.3 Å². The topological polar surface area (TPSA) is 61.8 Å². The molecule has 0 aromatic heterocycles. The molecule has 25 heavy (non-hydrogen) atoms. The summed E-state index contributed by atoms with van der Waals surface area (Å²) in [5.41, 5.74) is 2.95. The first-order valence-electron chi connectivity index (χ1n) is 8.49. The second-order valence-corrected chi connectivity index (χ2v) is 6.41. The van der Waals surface area contributed by atoms with Crippen molar-refractivity contribution < 1.29 is 14.6 Å². The fraction of sp³-hybridized carbons (Fsp3) is 0.350. The number of ether oxygens (including phenoxy) is 1. The molecule has 5 nitrogen and oxygen atoms in total. The summed E-state index contributed by atoms with van der Waals surface area (Å²) < 4.78 is 5.25. The summed E-state index contributed by atoms with van der Waals surface area (Å²) in [6.07, 6.45) is 0.871. The summed E-state index contributed by atoms with van der Waals surface area (Å²) in [4.78, 5) is 14.4. The van der Waals surface area contributed by atoms with Crippen LogP contribution in [0.4, 0.5) is 11.4 Å². The molecule has 2 N–H and O–H groups in total. The van der Waals surface area contributed by atoms with Gasteiger partial charge in [0.1, 0.15) is 5.75 Å². The number of benzene rings is 2. The van der Waals surface area contributed by atoms with Gasteiger partial charge in [-0.2, -0.15) is 0 Å². The molecule has 2 atom stereocenters. The number of rotatable bonds is 7. The van der Waals surface area contributed by atoms with Gasteiger partial charge in [-0.1, -0.05) is 12.1 Å². The summed E-state index contributed by atoms with van der Waals surface area (Å²) >= 11 is 0. The molecule has 1 aliphatic carbocycles. The summed E-state index contributed by atoms with van der Waals surface area (Å²) in [7, 11) is 3.57. The largest absolute Gasteiger partial charge is 0.497 e. The van der Waals surface area contributed by atoms with Crippen LogP contribution in [0.3, 0.4) is 0 Å². The van der Waals surface area contributed by atoms with E-state index in [0.29, 0.717) is 6.54 Å². The van der Waals surface area contributed by atoms with Gasteiger partial charge in [-0.15, -0.1) is 0 Å². The molecule has 1 fully saturated rings. The lowest BCUT2D eigenvalue weighted by molar-refractivity contribution is -0.117. The lowest BCUT2D eigenvalue weighted by Crippen LogP contribution is -2.21. The molecule has 0 heterocycles. The minimum atomic E-state index is 0.0174. The maximum absolute atomic E-state index is 12.4. The van der Waals surface area contributed by atoms with Gasteiger partial charge in [0, 0.05) is 30.9 Å². The smallest absolute Gasteiger partial charge is 0.228 e. The Labute approximate surface area is 148 Å². The highest BCUT2D eigenvalue weighted by Crippen LogP contribution is 2.48. The SMILES string of the molecule is COc1cccc(C2CC2C(=O)Nc2ccc(N(C)CCO)cc2)c1. The van der Waals surface area contributed by atoms with Crippen LogP contribution in [-0.4, -0.2) is 38.3 Å². The molecular weight excluding hydrogens is 316 g/mol. The third-order valence-electron chi connectivity index (χ3n) is 4.66. The first-order valence-corrected chi connectivity index (χ1v) is 8.49. The summed E-state index contributed by atoms with van der Waals surface area (Å²) in [6.45, 7) is 0.693. The molecule has 1 amide bonds. The predicted octanol–water partition coefficient (Wildman–Crippen LogP) is 2.87. The maximum Gasteiger partial charge on any atom is 0.228 e. The first kappa shape index (κ1) is 17.3. The van der Waals surface area contributed by atoms with Crippen LogP contribution in [0, 0.1) is 5.92 Å². The van der Waals surface area contributed by atoms with Crippen molar-refractivity contribution in [1.29, 1.82) is 0 Å². The molecule has 0 saturated heterocycles. The van der Waals surface area contributed by atoms with Crippen molar-refractivity contribution >= 4 is 17.3 Å². The predicted molar refractivity (Wildman–Crippen MR) is 99.3 cm³/mol. The van der Waals surface area contributed by atoms with Crippen LogP contribution in [0.2, 0.25) is 0 Å². The number of anilines is 2. The van der Waals surface area contributed by atoms with E-state index in [2.05, 4.69) is 5.32 Å². The van der Waals surface area contributed by atoms with Gasteiger partial charge in [0.25, 0.3) is 0 Å². The second-order valence-electron chi connectivity index (χ2n) is 6.41. The third kappa shape index (κ3) is 4.12. The maximum atomic E-state index is 12.4. The van der Waals surface area contributed by atoms with E-state index in [-0.39, 0.29) is 24.3 Å². The van der Waals surface area contributed by atoms with Crippen molar-refractivity contribution in [3.63, 3.8) is 0 Å². The van der Waals surface area contributed by atoms with Crippen molar-refractivity contribution in [2.24, 2.45) is 5.92 Å². The molecule has 5 heteroatoms. The summed E-state index contributed by atoms with van der Waals surface area (Å²) in [5.74, 6) is 1.17. The van der Waals surface area contributed by atoms with Crippen LogP contribution < -0.4 is 15.0 Å². The van der Waals surface area contributed by atoms with Crippen LogP contribution in [0.15, 0.2) is 48.5 Å². The number of hydrogen-bond donors (Lipinski definition) is 2. The highest BCUT2D eigenvalue weighted by atomic mass is 16.5. The Balaban J connectivity index is 1.58. The van der Waals surface area contributed by atoms with Crippen molar-refractivity contribution in [2.45, 2.75) is 12.3 Å². The number of methoxy groups -OCH3 is 1. The van der Waals surface area contributed by atoms with E-state index < -0.39 is 0 Å². The minimum absolute atomic E-state index is 0.0174. The molecule has 3 rings (SSSR count). The number of carbonyl (C=O) groups excluding carboxylic acids is 1. The lowest BCUT2D eigenvalue weighted by atomic mass is 10.1. The zero-order valence-corrected chi connectivity index (χ0v) is 14.6. The van der Waals surface area contributed by atoms with E-state index in [0.717, 1.165) is 29.1 Å². The number of likely N-dealkylation sites (N-methyl/N-ethyl adjacent to an activating group) is 1. The Bertz CT molecular complexity index is 730. The summed E-state index contributed by atoms with van der Waals surface area (Å²) in [6, 6.07) is 15.6. The second kappa shape index (κ2) is 7.57. The third-order valence-corrected chi connectivity index (χ3v) is 4.66. The van der Waals surface area contributed by atoms with Gasteiger partial charge in [-0.3, -0.25) is 4.79 Å². The van der Waals surface area contributed by atoms with Crippen molar-refractivity contribution in [1.82, 2.24) is 0 Å². The molecule has 2 aromatic rings. The van der Waals surface area contributed by atoms with E-state index in [9.17, 15) is 4.79 Å². The fourth-order valence-electron chi connectivity index (χ4n) is 3.04. The standard InChI is InChI=1S/C20H24N2O3/c1-22(10-11-23)16-8-6-15(7-9-16)21-20(24)19-13-18(19)14-4-3-5-17(12-14)25-2/h3-9,12,18-19,23H,10-11,13H2,1-2H3,(H,21,24). The number of aliphatic hydroxyl groups is 1. The number of carbonyl (C=O) groups is 1. The number of nitrogens with one attached hydrogen (secondary N) is 1. The van der Waals surface area contributed by atoms with Crippen LogP contribution in [-0.2, 0) is 4.79 Å². The monoisotopic (exact) mass is 340 g/mol. The minimum Gasteiger partial charge on any atom is -0.497 e. The molecule has 2 aromatic carbocycles. The molecule has 0 radical (unpaired) electrons. The average Bonchev–Trinajstić information content (AvgIpc) is 3.43. The Morgan fingerprint density at radius 3 is 2.72 bits per heavy atom. The molecule has 0 bridgehead atoms. The Morgan fingerprint density at radius 1 is 1.28 bits per heavy atom. The van der Waals surface area contributed by atoms with Gasteiger partial charge in [-0.25, -0.2) is 0 Å². The van der Waals surface area contributed by atoms with E-state index >= 15 is 0 Å². The van der Waals surface area contributed by atoms with Crippen LogP contribution in [0.5, 0.6) is 5.75 Å². The first-order chi connectivity index (χ1) is 12.1. The van der Waals surface area contributed by atoms with Gasteiger partial charge >= 0.3 is 0 Å². The van der Waals surface area contributed by atoms with E-state index in [4.69, 9.17) is 9.84 Å². The zero-order valence-electron chi connectivity index (χ0n) is 14.6. The van der Waals surface area contributed by atoms with Crippen molar-refractivity contribution in [3.8, 4) is 5.75 Å². The molecule has 0 aliphatic heterocycles. The van der Waals surface area contributed by atoms with Crippen molar-refractivity contribution in [3.05, 3.63) is 54.1 Å². The number of nitrogens with zero attached hydrogens (tertiary/aromatic N) is 1. The van der Waals surface area contributed by atoms with Gasteiger partial charge in [0.2, 0.25) is 5.91 Å². The number of hydrogen-bond acceptors (Lipinski definition) is 4. The van der Waals surface area contributed by atoms with Crippen LogP contribution >= 0.6 is 0 Å². The molecule has 0 spiro atoms. The van der Waals surface area contributed by atoms with Gasteiger partial charge in [0.05, 0.1) is 13.7 Å². The summed E-state index contributed by atoms with van der Waals surface area (Å²) in [5, 5.41) is 12.0. The van der Waals surface area contributed by atoms with E-state index in [1.165, 1.54) is 0 Å². The van der Waals surface area contributed by atoms with E-state index in [1.54, 1.807) is 7.11 Å². The number of amides is 1. The van der Waals surface area contributed by atoms with Crippen molar-refractivity contribution in [2.75, 3.05) is 37.5 Å². The van der Waals surface area contributed by atoms with Gasteiger partial charge in [0.15, 0.2) is 0 Å². The Kier molecular flexibility index (Phi) is 5.24. The Hall–Kier alpha value is -2.53. The molecule has 1 saturated carbocycles. The zero-order chi connectivity index (χ0) is 17.8. The van der Waals surface area contributed by atoms with Crippen LogP contribution in [0.25, 0.3) is 0 Å². The molecular formula is C20H24N2O3.